The van der Waals surface area contributed by atoms with Gasteiger partial charge < -0.3 is 5.32 Å². The van der Waals surface area contributed by atoms with Crippen LogP contribution in [-0.4, -0.2) is 33.6 Å². The molecule has 1 atom stereocenters. The lowest BCUT2D eigenvalue weighted by atomic mass is 10.2. The molecular weight excluding hydrogens is 336 g/mol. The molecule has 1 rings (SSSR count). The van der Waals surface area contributed by atoms with Crippen LogP contribution in [0.3, 0.4) is 0 Å². The van der Waals surface area contributed by atoms with Crippen molar-refractivity contribution in [3.8, 4) is 0 Å². The molecule has 0 aliphatic carbocycles. The van der Waals surface area contributed by atoms with Gasteiger partial charge in [-0.1, -0.05) is 0 Å². The molecule has 19 heavy (non-hydrogen) atoms. The number of carbonyl (C=O) groups excluding carboxylic acids is 1. The Kier molecular flexibility index (Phi) is 6.10. The average molecular weight is 349 g/mol. The summed E-state index contributed by atoms with van der Waals surface area (Å²) in [6, 6.07) is 4.01. The number of carbonyl (C=O) groups is 1. The van der Waals surface area contributed by atoms with Crippen molar-refractivity contribution in [2.75, 3.05) is 18.6 Å². The summed E-state index contributed by atoms with van der Waals surface area (Å²) in [7, 11) is -0.889. The van der Waals surface area contributed by atoms with E-state index in [1.54, 1.807) is 6.26 Å². The Morgan fingerprint density at radius 2 is 2.21 bits per heavy atom. The molecular formula is C11H13BrN2O4S. The highest BCUT2D eigenvalue weighted by atomic mass is 79.9. The maximum atomic E-state index is 11.8. The van der Waals surface area contributed by atoms with E-state index in [0.717, 1.165) is 0 Å². The second-order valence-electron chi connectivity index (χ2n) is 3.81. The Hall–Kier alpha value is -1.28. The lowest BCUT2D eigenvalue weighted by Gasteiger charge is -2.06. The summed E-state index contributed by atoms with van der Waals surface area (Å²) in [4.78, 5) is 21.9. The molecule has 0 saturated heterocycles. The van der Waals surface area contributed by atoms with Crippen molar-refractivity contribution in [2.45, 2.75) is 6.42 Å². The number of nitro benzene ring substituents is 1. The normalized spacial score (nSPS) is 11.9. The standard InChI is InChI=1S/C11H13BrN2O4S/c1-19(18)6-2-5-13-11(15)9-7-8(14(16)17)3-4-10(9)12/h3-4,7H,2,5-6H2,1H3,(H,13,15). The van der Waals surface area contributed by atoms with Gasteiger partial charge >= 0.3 is 0 Å². The molecule has 0 aromatic heterocycles. The zero-order chi connectivity index (χ0) is 14.4. The van der Waals surface area contributed by atoms with E-state index in [9.17, 15) is 19.1 Å². The number of non-ortho nitro benzene ring substituents is 1. The Labute approximate surface area is 121 Å². The van der Waals surface area contributed by atoms with Gasteiger partial charge in [0.2, 0.25) is 0 Å². The molecule has 0 aliphatic rings. The van der Waals surface area contributed by atoms with E-state index in [1.165, 1.54) is 18.2 Å². The number of benzene rings is 1. The SMILES string of the molecule is CS(=O)CCCNC(=O)c1cc([N+](=O)[O-])ccc1Br. The lowest BCUT2D eigenvalue weighted by Crippen LogP contribution is -2.25. The average Bonchev–Trinajstić information content (AvgIpc) is 2.34. The molecule has 0 radical (unpaired) electrons. The number of halogens is 1. The van der Waals surface area contributed by atoms with Crippen molar-refractivity contribution in [1.82, 2.24) is 5.32 Å². The molecule has 0 heterocycles. The molecule has 1 N–H and O–H groups in total. The Morgan fingerprint density at radius 3 is 2.79 bits per heavy atom. The molecule has 0 saturated carbocycles. The minimum atomic E-state index is -0.889. The van der Waals surface area contributed by atoms with Crippen LogP contribution in [-0.2, 0) is 10.8 Å². The van der Waals surface area contributed by atoms with Crippen molar-refractivity contribution in [3.05, 3.63) is 38.3 Å². The van der Waals surface area contributed by atoms with Gasteiger partial charge in [-0.15, -0.1) is 0 Å². The summed E-state index contributed by atoms with van der Waals surface area (Å²) in [5.74, 6) is 0.119. The number of nitro groups is 1. The molecule has 0 spiro atoms. The third-order valence-corrected chi connectivity index (χ3v) is 3.85. The summed E-state index contributed by atoms with van der Waals surface area (Å²) in [6.45, 7) is 0.382. The number of amides is 1. The fourth-order valence-electron chi connectivity index (χ4n) is 1.37. The Morgan fingerprint density at radius 1 is 1.53 bits per heavy atom. The minimum Gasteiger partial charge on any atom is -0.352 e. The van der Waals surface area contributed by atoms with Crippen molar-refractivity contribution >= 4 is 38.3 Å². The van der Waals surface area contributed by atoms with E-state index in [2.05, 4.69) is 21.2 Å². The maximum absolute atomic E-state index is 11.8. The van der Waals surface area contributed by atoms with Crippen LogP contribution in [0.1, 0.15) is 16.8 Å². The molecule has 1 aromatic rings. The molecule has 0 aliphatic heterocycles. The van der Waals surface area contributed by atoms with Crippen LogP contribution in [0.5, 0.6) is 0 Å². The van der Waals surface area contributed by atoms with Crippen LogP contribution < -0.4 is 5.32 Å². The van der Waals surface area contributed by atoms with Crippen molar-refractivity contribution < 1.29 is 13.9 Å². The summed E-state index contributed by atoms with van der Waals surface area (Å²) >= 11 is 3.18. The van der Waals surface area contributed by atoms with E-state index in [1.807, 2.05) is 0 Å². The quantitative estimate of drug-likeness (QED) is 0.482. The first kappa shape index (κ1) is 15.8. The van der Waals surface area contributed by atoms with Gasteiger partial charge in [-0.25, -0.2) is 0 Å². The number of nitrogens with one attached hydrogen (secondary N) is 1. The fourth-order valence-corrected chi connectivity index (χ4v) is 2.35. The van der Waals surface area contributed by atoms with Crippen molar-refractivity contribution in [2.24, 2.45) is 0 Å². The number of hydrogen-bond acceptors (Lipinski definition) is 4. The van der Waals surface area contributed by atoms with Crippen molar-refractivity contribution in [3.63, 3.8) is 0 Å². The second-order valence-corrected chi connectivity index (χ2v) is 6.22. The number of nitrogens with zero attached hydrogens (tertiary/aromatic N) is 1. The van der Waals surface area contributed by atoms with Gasteiger partial charge in [0, 0.05) is 46.0 Å². The minimum absolute atomic E-state index is 0.136. The predicted octanol–water partition coefficient (Wildman–Crippen LogP) is 1.86. The summed E-state index contributed by atoms with van der Waals surface area (Å²) in [5.41, 5.74) is 0.0785. The van der Waals surface area contributed by atoms with Crippen LogP contribution in [0.4, 0.5) is 5.69 Å². The van der Waals surface area contributed by atoms with Gasteiger partial charge in [-0.3, -0.25) is 19.1 Å². The lowest BCUT2D eigenvalue weighted by molar-refractivity contribution is -0.384. The largest absolute Gasteiger partial charge is 0.352 e. The van der Waals surface area contributed by atoms with E-state index < -0.39 is 21.6 Å². The molecule has 8 heteroatoms. The molecule has 104 valence electrons. The third kappa shape index (κ3) is 5.07. The monoisotopic (exact) mass is 348 g/mol. The van der Waals surface area contributed by atoms with Crippen LogP contribution in [0.15, 0.2) is 22.7 Å². The van der Waals surface area contributed by atoms with Crippen molar-refractivity contribution in [1.29, 1.82) is 0 Å². The Balaban J connectivity index is 2.68. The molecule has 1 amide bonds. The van der Waals surface area contributed by atoms with Crippen LogP contribution >= 0.6 is 15.9 Å². The smallest absolute Gasteiger partial charge is 0.270 e. The first-order valence-corrected chi connectivity index (χ1v) is 7.96. The maximum Gasteiger partial charge on any atom is 0.270 e. The highest BCUT2D eigenvalue weighted by Crippen LogP contribution is 2.22. The summed E-state index contributed by atoms with van der Waals surface area (Å²) in [5, 5.41) is 13.3. The van der Waals surface area contributed by atoms with Gasteiger partial charge in [0.15, 0.2) is 0 Å². The van der Waals surface area contributed by atoms with E-state index in [-0.39, 0.29) is 11.3 Å². The molecule has 1 aromatic carbocycles. The number of rotatable bonds is 6. The van der Waals surface area contributed by atoms with Gasteiger partial charge in [-0.2, -0.15) is 0 Å². The topological polar surface area (TPSA) is 89.3 Å². The van der Waals surface area contributed by atoms with Crippen LogP contribution in [0.2, 0.25) is 0 Å². The zero-order valence-corrected chi connectivity index (χ0v) is 12.6. The molecule has 6 nitrogen and oxygen atoms in total. The summed E-state index contributed by atoms with van der Waals surface area (Å²) in [6.07, 6.45) is 2.19. The van der Waals surface area contributed by atoms with Crippen LogP contribution in [0, 0.1) is 10.1 Å². The van der Waals surface area contributed by atoms with E-state index >= 15 is 0 Å². The van der Waals surface area contributed by atoms with Gasteiger partial charge in [-0.05, 0) is 28.4 Å². The highest BCUT2D eigenvalue weighted by Gasteiger charge is 2.15. The zero-order valence-electron chi connectivity index (χ0n) is 10.2. The first-order valence-electron chi connectivity index (χ1n) is 5.44. The molecule has 1 unspecified atom stereocenters. The van der Waals surface area contributed by atoms with Crippen LogP contribution in [0.25, 0.3) is 0 Å². The van der Waals surface area contributed by atoms with Gasteiger partial charge in [0.25, 0.3) is 11.6 Å². The first-order chi connectivity index (χ1) is 8.91. The predicted molar refractivity (Wildman–Crippen MR) is 76.7 cm³/mol. The second kappa shape index (κ2) is 7.34. The van der Waals surface area contributed by atoms with E-state index in [4.69, 9.17) is 0 Å². The third-order valence-electron chi connectivity index (χ3n) is 2.30. The van der Waals surface area contributed by atoms with Gasteiger partial charge in [0.05, 0.1) is 10.5 Å². The van der Waals surface area contributed by atoms with E-state index in [0.29, 0.717) is 23.2 Å². The molecule has 0 bridgehead atoms. The van der Waals surface area contributed by atoms with Gasteiger partial charge in [0.1, 0.15) is 0 Å². The Bertz CT molecular complexity index is 521. The number of hydrogen-bond donors (Lipinski definition) is 1. The summed E-state index contributed by atoms with van der Waals surface area (Å²) < 4.78 is 11.3. The molecule has 0 fully saturated rings. The highest BCUT2D eigenvalue weighted by molar-refractivity contribution is 9.10. The fraction of sp³-hybridized carbons (Fsp3) is 0.364.